The highest BCUT2D eigenvalue weighted by Crippen LogP contribution is 2.34. The molecule has 0 atom stereocenters. The minimum Gasteiger partial charge on any atom is -0.379 e. The van der Waals surface area contributed by atoms with Crippen LogP contribution in [0.15, 0.2) is 59.8 Å². The summed E-state index contributed by atoms with van der Waals surface area (Å²) in [6.45, 7) is 2.67. The second kappa shape index (κ2) is 11.6. The summed E-state index contributed by atoms with van der Waals surface area (Å²) in [7, 11) is -4.39. The highest BCUT2D eigenvalue weighted by Gasteiger charge is 2.43. The van der Waals surface area contributed by atoms with Crippen molar-refractivity contribution in [3.63, 3.8) is 0 Å². The number of anilines is 2. The number of fused-ring (bicyclic) bond motifs is 1. The van der Waals surface area contributed by atoms with E-state index in [4.69, 9.17) is 27.9 Å². The van der Waals surface area contributed by atoms with Crippen LogP contribution in [0.25, 0.3) is 5.65 Å². The molecule has 4 aromatic rings. The predicted octanol–water partition coefficient (Wildman–Crippen LogP) is 4.78. The zero-order valence-electron chi connectivity index (χ0n) is 23.4. The van der Waals surface area contributed by atoms with E-state index in [2.05, 4.69) is 20.1 Å². The molecule has 2 aromatic carbocycles. The van der Waals surface area contributed by atoms with Gasteiger partial charge in [0, 0.05) is 24.3 Å². The minimum absolute atomic E-state index is 0.0996. The summed E-state index contributed by atoms with van der Waals surface area (Å²) in [6.07, 6.45) is 3.67. The van der Waals surface area contributed by atoms with Gasteiger partial charge in [0.2, 0.25) is 5.91 Å². The summed E-state index contributed by atoms with van der Waals surface area (Å²) in [6, 6.07) is 11.1. The second-order valence-electron chi connectivity index (χ2n) is 11.1. The molecule has 0 spiro atoms. The first kappa shape index (κ1) is 30.3. The van der Waals surface area contributed by atoms with Gasteiger partial charge in [-0.3, -0.25) is 9.59 Å². The van der Waals surface area contributed by atoms with Gasteiger partial charge >= 0.3 is 0 Å². The van der Waals surface area contributed by atoms with Crippen molar-refractivity contribution in [3.8, 4) is 0 Å². The Bertz CT molecular complexity index is 1870. The largest absolute Gasteiger partial charge is 0.379 e. The number of carbonyl (C=O) groups is 2. The highest BCUT2D eigenvalue weighted by molar-refractivity contribution is 7.90. The van der Waals surface area contributed by atoms with E-state index in [1.54, 1.807) is 42.2 Å². The molecule has 2 saturated heterocycles. The van der Waals surface area contributed by atoms with E-state index in [-0.39, 0.29) is 52.8 Å². The van der Waals surface area contributed by atoms with Gasteiger partial charge in [-0.25, -0.2) is 22.5 Å². The van der Waals surface area contributed by atoms with Crippen molar-refractivity contribution < 1.29 is 27.1 Å². The van der Waals surface area contributed by atoms with Crippen molar-refractivity contribution in [2.75, 3.05) is 31.6 Å². The number of hydrogen-bond acceptors (Lipinski definition) is 8. The van der Waals surface area contributed by atoms with Gasteiger partial charge in [-0.05, 0) is 61.6 Å². The number of hydrogen-bond donors (Lipinski definition) is 2. The molecule has 15 heteroatoms. The number of aromatic nitrogens is 3. The van der Waals surface area contributed by atoms with Crippen LogP contribution in [-0.4, -0.2) is 66.0 Å². The SMILES string of the molecule is CC1(C(=O)NS(=O)(=O)c2cnn3c(Nc4cc(Cl)ccc4Cl)c(C(=O)N4CCC(c5ccc(F)cc5)CC4)cnc23)COC1. The zero-order valence-corrected chi connectivity index (χ0v) is 25.7. The van der Waals surface area contributed by atoms with E-state index >= 15 is 0 Å². The molecule has 0 radical (unpaired) electrons. The first-order valence-corrected chi connectivity index (χ1v) is 16.0. The predicted molar refractivity (Wildman–Crippen MR) is 161 cm³/mol. The van der Waals surface area contributed by atoms with Gasteiger partial charge in [0.05, 0.1) is 35.5 Å². The van der Waals surface area contributed by atoms with Crippen LogP contribution in [0.5, 0.6) is 0 Å². The van der Waals surface area contributed by atoms with Crippen LogP contribution >= 0.6 is 23.2 Å². The smallest absolute Gasteiger partial charge is 0.269 e. The lowest BCUT2D eigenvalue weighted by Crippen LogP contribution is -2.53. The third-order valence-electron chi connectivity index (χ3n) is 7.94. The summed E-state index contributed by atoms with van der Waals surface area (Å²) in [5, 5.41) is 8.00. The van der Waals surface area contributed by atoms with Gasteiger partial charge in [-0.2, -0.15) is 9.61 Å². The number of halogens is 3. The molecule has 0 saturated carbocycles. The standard InChI is InChI=1S/C29H27Cl2FN6O5S/c1-29(15-43-16-29)28(40)36-44(41,42)24-14-34-38-25(35-23-12-19(30)4-7-22(23)31)21(13-33-26(24)38)27(39)37-10-8-18(9-11-37)17-2-5-20(32)6-3-17/h2-7,12-14,18,35H,8-11,15-16H2,1H3,(H,36,40). The number of amides is 2. The lowest BCUT2D eigenvalue weighted by atomic mass is 9.88. The fraction of sp³-hybridized carbons (Fsp3) is 0.310. The molecule has 2 N–H and O–H groups in total. The molecule has 0 bridgehead atoms. The molecule has 6 rings (SSSR count). The Labute approximate surface area is 262 Å². The zero-order chi connectivity index (χ0) is 31.2. The molecule has 2 aromatic heterocycles. The van der Waals surface area contributed by atoms with Crippen LogP contribution in [0.4, 0.5) is 15.9 Å². The van der Waals surface area contributed by atoms with Crippen LogP contribution in [0.1, 0.15) is 41.6 Å². The van der Waals surface area contributed by atoms with Gasteiger partial charge in [0.25, 0.3) is 15.9 Å². The Morgan fingerprint density at radius 3 is 2.43 bits per heavy atom. The average Bonchev–Trinajstić information content (AvgIpc) is 3.44. The lowest BCUT2D eigenvalue weighted by molar-refractivity contribution is -0.155. The van der Waals surface area contributed by atoms with Crippen molar-refractivity contribution in [3.05, 3.63) is 81.8 Å². The van der Waals surface area contributed by atoms with Crippen molar-refractivity contribution in [1.82, 2.24) is 24.2 Å². The number of likely N-dealkylation sites (tertiary alicyclic amines) is 1. The summed E-state index contributed by atoms with van der Waals surface area (Å²) >= 11 is 12.6. The summed E-state index contributed by atoms with van der Waals surface area (Å²) in [5.41, 5.74) is 0.387. The number of piperidine rings is 1. The Balaban J connectivity index is 1.34. The van der Waals surface area contributed by atoms with Crippen LogP contribution in [-0.2, 0) is 19.6 Å². The van der Waals surface area contributed by atoms with E-state index in [1.165, 1.54) is 22.8 Å². The van der Waals surface area contributed by atoms with Gasteiger partial charge in [0.15, 0.2) is 10.5 Å². The highest BCUT2D eigenvalue weighted by atomic mass is 35.5. The lowest BCUT2D eigenvalue weighted by Gasteiger charge is -2.35. The average molecular weight is 662 g/mol. The van der Waals surface area contributed by atoms with Crippen LogP contribution < -0.4 is 10.0 Å². The summed E-state index contributed by atoms with van der Waals surface area (Å²) in [4.78, 5) is 32.2. The maximum Gasteiger partial charge on any atom is 0.269 e. The third kappa shape index (κ3) is 5.72. The number of carbonyl (C=O) groups excluding carboxylic acids is 2. The first-order valence-electron chi connectivity index (χ1n) is 13.7. The summed E-state index contributed by atoms with van der Waals surface area (Å²) in [5.74, 6) is -1.09. The van der Waals surface area contributed by atoms with Crippen LogP contribution in [0.3, 0.4) is 0 Å². The van der Waals surface area contributed by atoms with Gasteiger partial charge in [-0.15, -0.1) is 0 Å². The summed E-state index contributed by atoms with van der Waals surface area (Å²) < 4.78 is 48.3. The van der Waals surface area contributed by atoms with Crippen molar-refractivity contribution >= 4 is 62.2 Å². The number of ether oxygens (including phenoxy) is 1. The second-order valence-corrected chi connectivity index (χ2v) is 13.6. The first-order chi connectivity index (χ1) is 20.9. The molecule has 2 amide bonds. The molecular weight excluding hydrogens is 634 g/mol. The molecular formula is C29H27Cl2FN6O5S. The normalized spacial score (nSPS) is 16.9. The molecule has 4 heterocycles. The number of rotatable bonds is 7. The van der Waals surface area contributed by atoms with Crippen molar-refractivity contribution in [2.24, 2.45) is 5.41 Å². The maximum absolute atomic E-state index is 13.9. The van der Waals surface area contributed by atoms with E-state index < -0.39 is 21.3 Å². The number of sulfonamides is 1. The molecule has 2 aliphatic heterocycles. The fourth-order valence-corrected chi connectivity index (χ4v) is 6.76. The molecule has 44 heavy (non-hydrogen) atoms. The van der Waals surface area contributed by atoms with E-state index in [1.807, 2.05) is 0 Å². The molecule has 2 aliphatic rings. The Morgan fingerprint density at radius 2 is 1.77 bits per heavy atom. The number of benzene rings is 2. The van der Waals surface area contributed by atoms with Crippen molar-refractivity contribution in [1.29, 1.82) is 0 Å². The monoisotopic (exact) mass is 660 g/mol. The maximum atomic E-state index is 13.9. The fourth-order valence-electron chi connectivity index (χ4n) is 5.26. The molecule has 0 aliphatic carbocycles. The Kier molecular flexibility index (Phi) is 7.99. The molecule has 0 unspecified atom stereocenters. The van der Waals surface area contributed by atoms with E-state index in [0.717, 1.165) is 11.8 Å². The van der Waals surface area contributed by atoms with Crippen molar-refractivity contribution in [2.45, 2.75) is 30.6 Å². The van der Waals surface area contributed by atoms with Gasteiger partial charge in [0.1, 0.15) is 17.2 Å². The Morgan fingerprint density at radius 1 is 1.07 bits per heavy atom. The van der Waals surface area contributed by atoms with E-state index in [0.29, 0.717) is 41.7 Å². The topological polar surface area (TPSA) is 135 Å². The minimum atomic E-state index is -4.39. The molecule has 230 valence electrons. The third-order valence-corrected chi connectivity index (χ3v) is 9.82. The number of nitrogens with zero attached hydrogens (tertiary/aromatic N) is 4. The number of nitrogens with one attached hydrogen (secondary N) is 2. The quantitative estimate of drug-likeness (QED) is 0.289. The Hall–Kier alpha value is -3.78. The van der Waals surface area contributed by atoms with Crippen LogP contribution in [0, 0.1) is 11.2 Å². The van der Waals surface area contributed by atoms with Gasteiger partial charge < -0.3 is 15.0 Å². The molecule has 11 nitrogen and oxygen atoms in total. The molecule has 2 fully saturated rings. The van der Waals surface area contributed by atoms with Crippen LogP contribution in [0.2, 0.25) is 10.0 Å². The van der Waals surface area contributed by atoms with E-state index in [9.17, 15) is 22.4 Å². The van der Waals surface area contributed by atoms with Gasteiger partial charge in [-0.1, -0.05) is 35.3 Å².